The van der Waals surface area contributed by atoms with Gasteiger partial charge in [-0.25, -0.2) is 4.79 Å². The molecule has 0 fully saturated rings. The van der Waals surface area contributed by atoms with E-state index in [9.17, 15) is 9.90 Å². The number of H-pyrrole nitrogens is 1. The van der Waals surface area contributed by atoms with Gasteiger partial charge in [-0.1, -0.05) is 30.3 Å². The van der Waals surface area contributed by atoms with E-state index in [-0.39, 0.29) is 0 Å². The van der Waals surface area contributed by atoms with Crippen LogP contribution in [0, 0.1) is 0 Å². The highest BCUT2D eigenvalue weighted by atomic mass is 16.4. The third kappa shape index (κ3) is 1.77. The molecular weight excluding hydrogens is 262 g/mol. The molecule has 4 rings (SSSR count). The molecule has 0 amide bonds. The Labute approximate surface area is 122 Å². The fourth-order valence-electron chi connectivity index (χ4n) is 3.43. The number of rotatable bonds is 2. The summed E-state index contributed by atoms with van der Waals surface area (Å²) in [6.07, 6.45) is 3.22. The van der Waals surface area contributed by atoms with Gasteiger partial charge < -0.3 is 10.1 Å². The number of hydrogen-bond donors (Lipinski definition) is 2. The van der Waals surface area contributed by atoms with Gasteiger partial charge in [-0.15, -0.1) is 0 Å². The minimum atomic E-state index is -0.882. The standard InChI is InChI=1S/C18H15NO2/c20-18(21)13-8-2-1-7-12(13)17-14-9-3-5-11-6-4-10-15(19-17)16(11)14/h1-2,4,6-8,10,19H,3,5,9H2,(H,20,21). The second kappa shape index (κ2) is 4.48. The van der Waals surface area contributed by atoms with Gasteiger partial charge in [-0.05, 0) is 42.5 Å². The monoisotopic (exact) mass is 277 g/mol. The third-order valence-electron chi connectivity index (χ3n) is 4.31. The van der Waals surface area contributed by atoms with E-state index in [0.29, 0.717) is 5.56 Å². The van der Waals surface area contributed by atoms with Crippen LogP contribution in [0.3, 0.4) is 0 Å². The van der Waals surface area contributed by atoms with E-state index in [1.165, 1.54) is 16.5 Å². The summed E-state index contributed by atoms with van der Waals surface area (Å²) in [5.74, 6) is -0.882. The molecule has 21 heavy (non-hydrogen) atoms. The Kier molecular flexibility index (Phi) is 2.61. The summed E-state index contributed by atoms with van der Waals surface area (Å²) >= 11 is 0. The summed E-state index contributed by atoms with van der Waals surface area (Å²) in [6.45, 7) is 0. The maximum Gasteiger partial charge on any atom is 0.336 e. The van der Waals surface area contributed by atoms with Gasteiger partial charge in [-0.2, -0.15) is 0 Å². The van der Waals surface area contributed by atoms with Crippen LogP contribution in [0.5, 0.6) is 0 Å². The SMILES string of the molecule is O=C(O)c1ccccc1-c1[nH]c2cccc3c2c1CCC3. The van der Waals surface area contributed by atoms with E-state index < -0.39 is 5.97 Å². The van der Waals surface area contributed by atoms with Gasteiger partial charge in [0, 0.05) is 16.5 Å². The van der Waals surface area contributed by atoms with Gasteiger partial charge in [-0.3, -0.25) is 0 Å². The van der Waals surface area contributed by atoms with E-state index in [1.807, 2.05) is 12.1 Å². The van der Waals surface area contributed by atoms with Crippen molar-refractivity contribution in [2.45, 2.75) is 19.3 Å². The summed E-state index contributed by atoms with van der Waals surface area (Å²) in [7, 11) is 0. The van der Waals surface area contributed by atoms with E-state index in [2.05, 4.69) is 23.2 Å². The molecule has 3 aromatic rings. The lowest BCUT2D eigenvalue weighted by atomic mass is 9.89. The molecule has 0 unspecified atom stereocenters. The molecule has 0 saturated carbocycles. The zero-order valence-electron chi connectivity index (χ0n) is 11.5. The Balaban J connectivity index is 2.05. The van der Waals surface area contributed by atoms with Crippen molar-refractivity contribution >= 4 is 16.9 Å². The number of aryl methyl sites for hydroxylation is 2. The molecule has 1 aliphatic carbocycles. The Morgan fingerprint density at radius 1 is 1.05 bits per heavy atom. The first kappa shape index (κ1) is 12.2. The largest absolute Gasteiger partial charge is 0.478 e. The smallest absolute Gasteiger partial charge is 0.336 e. The highest BCUT2D eigenvalue weighted by Gasteiger charge is 2.21. The first-order chi connectivity index (χ1) is 10.3. The minimum Gasteiger partial charge on any atom is -0.478 e. The summed E-state index contributed by atoms with van der Waals surface area (Å²) in [5, 5.41) is 10.7. The zero-order valence-corrected chi connectivity index (χ0v) is 11.5. The maximum absolute atomic E-state index is 11.5. The number of aromatic carboxylic acids is 1. The van der Waals surface area contributed by atoms with Crippen molar-refractivity contribution in [3.63, 3.8) is 0 Å². The zero-order chi connectivity index (χ0) is 14.4. The fraction of sp³-hybridized carbons (Fsp3) is 0.167. The molecule has 3 heteroatoms. The van der Waals surface area contributed by atoms with Gasteiger partial charge in [0.25, 0.3) is 0 Å². The second-order valence-corrected chi connectivity index (χ2v) is 5.52. The van der Waals surface area contributed by atoms with E-state index >= 15 is 0 Å². The van der Waals surface area contributed by atoms with Gasteiger partial charge in [0.2, 0.25) is 0 Å². The molecule has 0 spiro atoms. The number of carboxylic acid groups (broad SMARTS) is 1. The van der Waals surface area contributed by atoms with Crippen LogP contribution in [-0.4, -0.2) is 16.1 Å². The molecule has 0 bridgehead atoms. The molecule has 3 nitrogen and oxygen atoms in total. The summed E-state index contributed by atoms with van der Waals surface area (Å²) in [5.41, 5.74) is 5.84. The molecule has 1 heterocycles. The molecule has 1 aliphatic rings. The normalized spacial score (nSPS) is 13.5. The van der Waals surface area contributed by atoms with Crippen LogP contribution in [0.25, 0.3) is 22.2 Å². The lowest BCUT2D eigenvalue weighted by Gasteiger charge is -2.14. The van der Waals surface area contributed by atoms with Crippen LogP contribution in [-0.2, 0) is 12.8 Å². The van der Waals surface area contributed by atoms with Crippen LogP contribution in [0.1, 0.15) is 27.9 Å². The Bertz CT molecular complexity index is 861. The summed E-state index contributed by atoms with van der Waals surface area (Å²) < 4.78 is 0. The molecule has 2 aromatic carbocycles. The summed E-state index contributed by atoms with van der Waals surface area (Å²) in [6, 6.07) is 13.5. The minimum absolute atomic E-state index is 0.354. The summed E-state index contributed by atoms with van der Waals surface area (Å²) in [4.78, 5) is 14.9. The molecular formula is C18H15NO2. The number of carbonyl (C=O) groups is 1. The first-order valence-corrected chi connectivity index (χ1v) is 7.21. The number of aromatic nitrogens is 1. The quantitative estimate of drug-likeness (QED) is 0.743. The highest BCUT2D eigenvalue weighted by molar-refractivity contribution is 6.00. The molecule has 2 N–H and O–H groups in total. The molecule has 0 saturated heterocycles. The first-order valence-electron chi connectivity index (χ1n) is 7.21. The average Bonchev–Trinajstić information content (AvgIpc) is 2.89. The molecule has 0 atom stereocenters. The van der Waals surface area contributed by atoms with Crippen LogP contribution in [0.15, 0.2) is 42.5 Å². The van der Waals surface area contributed by atoms with Gasteiger partial charge in [0.15, 0.2) is 0 Å². The number of hydrogen-bond acceptors (Lipinski definition) is 1. The lowest BCUT2D eigenvalue weighted by Crippen LogP contribution is -2.02. The van der Waals surface area contributed by atoms with Crippen LogP contribution in [0.2, 0.25) is 0 Å². The molecule has 0 aliphatic heterocycles. The molecule has 1 aromatic heterocycles. The van der Waals surface area contributed by atoms with Crippen molar-refractivity contribution in [1.82, 2.24) is 4.98 Å². The van der Waals surface area contributed by atoms with Crippen molar-refractivity contribution in [2.24, 2.45) is 0 Å². The second-order valence-electron chi connectivity index (χ2n) is 5.52. The van der Waals surface area contributed by atoms with Crippen molar-refractivity contribution in [1.29, 1.82) is 0 Å². The third-order valence-corrected chi connectivity index (χ3v) is 4.31. The topological polar surface area (TPSA) is 53.1 Å². The lowest BCUT2D eigenvalue weighted by molar-refractivity contribution is 0.0697. The Morgan fingerprint density at radius 2 is 1.90 bits per heavy atom. The van der Waals surface area contributed by atoms with E-state index in [4.69, 9.17) is 0 Å². The van der Waals surface area contributed by atoms with Crippen molar-refractivity contribution in [3.8, 4) is 11.3 Å². The maximum atomic E-state index is 11.5. The Hall–Kier alpha value is -2.55. The number of carboxylic acids is 1. The van der Waals surface area contributed by atoms with Gasteiger partial charge in [0.05, 0.1) is 11.3 Å². The average molecular weight is 277 g/mol. The van der Waals surface area contributed by atoms with Crippen LogP contribution < -0.4 is 0 Å². The van der Waals surface area contributed by atoms with E-state index in [1.54, 1.807) is 12.1 Å². The highest BCUT2D eigenvalue weighted by Crippen LogP contribution is 2.37. The fourth-order valence-corrected chi connectivity index (χ4v) is 3.43. The number of nitrogens with one attached hydrogen (secondary N) is 1. The van der Waals surface area contributed by atoms with Crippen molar-refractivity contribution in [3.05, 3.63) is 59.2 Å². The van der Waals surface area contributed by atoms with E-state index in [0.717, 1.165) is 36.0 Å². The molecule has 104 valence electrons. The van der Waals surface area contributed by atoms with Gasteiger partial charge >= 0.3 is 5.97 Å². The number of aromatic amines is 1. The van der Waals surface area contributed by atoms with Crippen LogP contribution in [0.4, 0.5) is 0 Å². The predicted octanol–water partition coefficient (Wildman–Crippen LogP) is 4.02. The van der Waals surface area contributed by atoms with Crippen molar-refractivity contribution < 1.29 is 9.90 Å². The predicted molar refractivity (Wildman–Crippen MR) is 82.7 cm³/mol. The van der Waals surface area contributed by atoms with Crippen molar-refractivity contribution in [2.75, 3.05) is 0 Å². The van der Waals surface area contributed by atoms with Crippen LogP contribution >= 0.6 is 0 Å². The Morgan fingerprint density at radius 3 is 2.76 bits per heavy atom. The number of benzene rings is 2. The van der Waals surface area contributed by atoms with Gasteiger partial charge in [0.1, 0.15) is 0 Å². The molecule has 0 radical (unpaired) electrons.